The molecular weight excluding hydrogens is 396 g/mol. The molecule has 0 aliphatic carbocycles. The Morgan fingerprint density at radius 1 is 1.28 bits per heavy atom. The summed E-state index contributed by atoms with van der Waals surface area (Å²) >= 11 is 1.56. The molecule has 1 atom stereocenters. The molecule has 0 saturated heterocycles. The Morgan fingerprint density at radius 3 is 2.76 bits per heavy atom. The zero-order chi connectivity index (χ0) is 20.3. The predicted molar refractivity (Wildman–Crippen MR) is 107 cm³/mol. The Bertz CT molecular complexity index is 1030. The summed E-state index contributed by atoms with van der Waals surface area (Å²) in [6.07, 6.45) is 0.106. The van der Waals surface area contributed by atoms with Crippen LogP contribution in [-0.2, 0) is 13.0 Å². The number of nitrogens with one attached hydrogen (secondary N) is 2. The van der Waals surface area contributed by atoms with Gasteiger partial charge in [-0.3, -0.25) is 19.8 Å². The second kappa shape index (κ2) is 6.60. The Balaban J connectivity index is 1.52. The minimum Gasteiger partial charge on any atom is -0.454 e. The lowest BCUT2D eigenvalue weighted by atomic mass is 9.99. The van der Waals surface area contributed by atoms with E-state index in [-0.39, 0.29) is 18.4 Å². The van der Waals surface area contributed by atoms with Gasteiger partial charge in [0.25, 0.3) is 11.6 Å². The summed E-state index contributed by atoms with van der Waals surface area (Å²) in [5.41, 5.74) is 1.98. The summed E-state index contributed by atoms with van der Waals surface area (Å²) in [7, 11) is 0. The highest BCUT2D eigenvalue weighted by Crippen LogP contribution is 2.44. The van der Waals surface area contributed by atoms with Crippen molar-refractivity contribution in [2.24, 2.45) is 0 Å². The molecule has 0 bridgehead atoms. The fourth-order valence-corrected chi connectivity index (χ4v) is 5.37. The van der Waals surface area contributed by atoms with Gasteiger partial charge in [0.15, 0.2) is 11.5 Å². The first kappa shape index (κ1) is 18.2. The number of anilines is 1. The third-order valence-electron chi connectivity index (χ3n) is 5.62. The molecule has 1 amide bonds. The van der Waals surface area contributed by atoms with Crippen LogP contribution in [0.15, 0.2) is 12.1 Å². The number of nitrogens with zero attached hydrogens (tertiary/aromatic N) is 2. The molecule has 0 fully saturated rings. The second-order valence-electron chi connectivity index (χ2n) is 7.59. The van der Waals surface area contributed by atoms with E-state index in [0.29, 0.717) is 28.7 Å². The fraction of sp³-hybridized carbons (Fsp3) is 0.421. The van der Waals surface area contributed by atoms with Crippen molar-refractivity contribution in [1.29, 1.82) is 0 Å². The van der Waals surface area contributed by atoms with Crippen molar-refractivity contribution in [2.45, 2.75) is 39.0 Å². The number of thiophene rings is 1. The second-order valence-corrected chi connectivity index (χ2v) is 8.70. The number of rotatable bonds is 3. The van der Waals surface area contributed by atoms with Crippen LogP contribution in [0.5, 0.6) is 11.5 Å². The number of nitro groups is 1. The van der Waals surface area contributed by atoms with Crippen LogP contribution in [0.4, 0.5) is 10.7 Å². The predicted octanol–water partition coefficient (Wildman–Crippen LogP) is 3.01. The van der Waals surface area contributed by atoms with Crippen LogP contribution >= 0.6 is 11.3 Å². The van der Waals surface area contributed by atoms with Crippen LogP contribution in [-0.4, -0.2) is 35.1 Å². The molecule has 5 rings (SSSR count). The van der Waals surface area contributed by atoms with Gasteiger partial charge in [0, 0.05) is 24.0 Å². The van der Waals surface area contributed by atoms with E-state index >= 15 is 0 Å². The number of carbonyl (C=O) groups is 1. The molecule has 2 N–H and O–H groups in total. The monoisotopic (exact) mass is 416 g/mol. The Morgan fingerprint density at radius 2 is 2.03 bits per heavy atom. The van der Waals surface area contributed by atoms with Crippen molar-refractivity contribution in [3.63, 3.8) is 0 Å². The maximum atomic E-state index is 12.9. The van der Waals surface area contributed by atoms with Gasteiger partial charge in [0.2, 0.25) is 6.79 Å². The van der Waals surface area contributed by atoms with Gasteiger partial charge in [0.05, 0.1) is 22.1 Å². The minimum absolute atomic E-state index is 0.0224. The Kier molecular flexibility index (Phi) is 4.14. The van der Waals surface area contributed by atoms with E-state index in [2.05, 4.69) is 29.4 Å². The standard InChI is InChI=1S/C19H20N4O5S/c1-9(2)22-4-3-10-15(7-22)29-19-16(10)18(24)20-17(21-19)11-5-13-14(28-8-27-13)6-12(11)23(25)26/h5-6,9,17,21H,3-4,7-8H2,1-2H3,(H,20,24). The largest absolute Gasteiger partial charge is 0.454 e. The van der Waals surface area contributed by atoms with E-state index in [1.54, 1.807) is 17.4 Å². The summed E-state index contributed by atoms with van der Waals surface area (Å²) in [5.74, 6) is 0.570. The number of hydrogen-bond acceptors (Lipinski definition) is 8. The van der Waals surface area contributed by atoms with Crippen LogP contribution < -0.4 is 20.1 Å². The molecule has 2 aromatic rings. The molecule has 3 aliphatic heterocycles. The number of hydrogen-bond donors (Lipinski definition) is 2. The molecule has 1 aromatic heterocycles. The molecule has 9 nitrogen and oxygen atoms in total. The lowest BCUT2D eigenvalue weighted by Crippen LogP contribution is -2.39. The number of ether oxygens (including phenoxy) is 2. The maximum absolute atomic E-state index is 12.9. The molecule has 10 heteroatoms. The van der Waals surface area contributed by atoms with Gasteiger partial charge >= 0.3 is 0 Å². The normalized spacial score (nSPS) is 20.1. The average Bonchev–Trinajstić information content (AvgIpc) is 3.29. The summed E-state index contributed by atoms with van der Waals surface area (Å²) in [5, 5.41) is 18.6. The minimum atomic E-state index is -0.716. The summed E-state index contributed by atoms with van der Waals surface area (Å²) in [4.78, 5) is 27.6. The molecule has 4 heterocycles. The topological polar surface area (TPSA) is 106 Å². The van der Waals surface area contributed by atoms with Crippen LogP contribution in [0, 0.1) is 10.1 Å². The molecule has 152 valence electrons. The number of nitro benzene ring substituents is 1. The highest BCUT2D eigenvalue weighted by atomic mass is 32.1. The summed E-state index contributed by atoms with van der Waals surface area (Å²) < 4.78 is 10.6. The third kappa shape index (κ3) is 2.90. The average molecular weight is 416 g/mol. The van der Waals surface area contributed by atoms with Gasteiger partial charge in [-0.25, -0.2) is 0 Å². The molecule has 29 heavy (non-hydrogen) atoms. The molecule has 0 saturated carbocycles. The first-order valence-electron chi connectivity index (χ1n) is 9.46. The third-order valence-corrected chi connectivity index (χ3v) is 6.77. The van der Waals surface area contributed by atoms with E-state index in [0.717, 1.165) is 30.1 Å². The first-order valence-corrected chi connectivity index (χ1v) is 10.3. The van der Waals surface area contributed by atoms with Crippen molar-refractivity contribution in [3.05, 3.63) is 43.8 Å². The molecule has 3 aliphatic rings. The maximum Gasteiger partial charge on any atom is 0.280 e. The van der Waals surface area contributed by atoms with Crippen LogP contribution in [0.2, 0.25) is 0 Å². The Labute approximate surface area is 170 Å². The van der Waals surface area contributed by atoms with Crippen molar-refractivity contribution >= 4 is 27.9 Å². The fourth-order valence-electron chi connectivity index (χ4n) is 4.07. The molecule has 0 spiro atoms. The van der Waals surface area contributed by atoms with Crippen molar-refractivity contribution in [3.8, 4) is 11.5 Å². The number of benzene rings is 1. The molecule has 1 unspecified atom stereocenters. The van der Waals surface area contributed by atoms with Crippen molar-refractivity contribution in [2.75, 3.05) is 18.7 Å². The Hall–Kier alpha value is -2.85. The number of fused-ring (bicyclic) bond motifs is 4. The first-order chi connectivity index (χ1) is 13.9. The smallest absolute Gasteiger partial charge is 0.280 e. The molecular formula is C19H20N4O5S. The van der Waals surface area contributed by atoms with E-state index in [4.69, 9.17) is 9.47 Å². The zero-order valence-corrected chi connectivity index (χ0v) is 16.8. The quantitative estimate of drug-likeness (QED) is 0.585. The van der Waals surface area contributed by atoms with Gasteiger partial charge in [-0.15, -0.1) is 11.3 Å². The van der Waals surface area contributed by atoms with E-state index < -0.39 is 11.1 Å². The SMILES string of the molecule is CC(C)N1CCc2c(sc3c2C(=O)NC(c2cc4c(cc2[N+](=O)[O-])OCO4)N3)C1. The van der Waals surface area contributed by atoms with Gasteiger partial charge in [-0.2, -0.15) is 0 Å². The lowest BCUT2D eigenvalue weighted by Gasteiger charge is -2.30. The van der Waals surface area contributed by atoms with Gasteiger partial charge in [-0.1, -0.05) is 0 Å². The van der Waals surface area contributed by atoms with E-state index in [1.165, 1.54) is 10.9 Å². The van der Waals surface area contributed by atoms with Crippen LogP contribution in [0.3, 0.4) is 0 Å². The van der Waals surface area contributed by atoms with Crippen molar-refractivity contribution < 1.29 is 19.2 Å². The zero-order valence-electron chi connectivity index (χ0n) is 16.0. The van der Waals surface area contributed by atoms with Crippen LogP contribution in [0.25, 0.3) is 0 Å². The highest BCUT2D eigenvalue weighted by molar-refractivity contribution is 7.16. The lowest BCUT2D eigenvalue weighted by molar-refractivity contribution is -0.385. The van der Waals surface area contributed by atoms with Gasteiger partial charge in [-0.05, 0) is 31.9 Å². The molecule has 1 aromatic carbocycles. The van der Waals surface area contributed by atoms with Gasteiger partial charge < -0.3 is 20.1 Å². The summed E-state index contributed by atoms with van der Waals surface area (Å²) in [6, 6.07) is 3.35. The van der Waals surface area contributed by atoms with E-state index in [9.17, 15) is 14.9 Å². The number of carbonyl (C=O) groups excluding carboxylic acids is 1. The van der Waals surface area contributed by atoms with Gasteiger partial charge in [0.1, 0.15) is 11.2 Å². The van der Waals surface area contributed by atoms with E-state index in [1.807, 2.05) is 0 Å². The number of amides is 1. The highest BCUT2D eigenvalue weighted by Gasteiger charge is 2.37. The summed E-state index contributed by atoms with van der Waals surface area (Å²) in [6.45, 7) is 6.08. The van der Waals surface area contributed by atoms with Crippen molar-refractivity contribution in [1.82, 2.24) is 10.2 Å². The molecule has 0 radical (unpaired) electrons. The van der Waals surface area contributed by atoms with Crippen LogP contribution in [0.1, 0.15) is 46.4 Å².